The van der Waals surface area contributed by atoms with Crippen LogP contribution in [-0.2, 0) is 110 Å². The van der Waals surface area contributed by atoms with Crippen molar-refractivity contribution in [3.63, 3.8) is 0 Å². The van der Waals surface area contributed by atoms with Gasteiger partial charge in [-0.1, -0.05) is 251 Å². The van der Waals surface area contributed by atoms with Gasteiger partial charge in [0.25, 0.3) is 0 Å². The summed E-state index contributed by atoms with van der Waals surface area (Å²) in [6, 6.07) is 148. The van der Waals surface area contributed by atoms with Crippen molar-refractivity contribution in [1.29, 1.82) is 0 Å². The molecule has 24 heteroatoms. The van der Waals surface area contributed by atoms with Crippen molar-refractivity contribution in [3.8, 4) is 78.3 Å². The number of pyridine rings is 8. The minimum atomic E-state index is -0.171. The quantitative estimate of drug-likeness (QED) is 0.0357. The van der Waals surface area contributed by atoms with Gasteiger partial charge in [-0.2, -0.15) is 23.8 Å². The second-order valence-electron chi connectivity index (χ2n) is 31.9. The second kappa shape index (κ2) is 59.8. The number of ketones is 3. The summed E-state index contributed by atoms with van der Waals surface area (Å²) in [6.07, 6.45) is 15.6. The maximum absolute atomic E-state index is 11.2. The molecule has 24 rings (SSSR count). The molecule has 0 saturated heterocycles. The first-order valence-corrected chi connectivity index (χ1v) is 46.6. The van der Waals surface area contributed by atoms with Gasteiger partial charge in [-0.15, -0.1) is 150 Å². The van der Waals surface area contributed by atoms with E-state index in [2.05, 4.69) is 192 Å². The minimum Gasteiger partial charge on any atom is -0.512 e. The molecular formula is C125H92Ir5N11O7S-7. The number of aliphatic hydroxyl groups is 3. The van der Waals surface area contributed by atoms with E-state index in [1.165, 1.54) is 74.4 Å². The average Bonchev–Trinajstić information content (AvgIpc) is 0.999. The first-order chi connectivity index (χ1) is 70.5. The van der Waals surface area contributed by atoms with E-state index >= 15 is 0 Å². The maximum Gasteiger partial charge on any atom is 0.189 e. The predicted molar refractivity (Wildman–Crippen MR) is 580 cm³/mol. The number of thiophene rings is 1. The number of fused-ring (bicyclic) bond motifs is 10. The number of allylic oxidation sites excluding steroid dienone is 6. The SMILES string of the molecule is CC(=O)C=C(C)O.CC(=O)C=C(C)O.CC(O)=CC(=O)c1ccccc1.[Ir].[Ir].[Ir].[Ir].[Ir].[c-]1ccc2cccnc2c1-c1ccc2ccccc2n1.[c-]1ccc2cccnc2c1-c1ccc2ccccc2n1.[c-]1ccccc1-c1cnccn1.[c-]1ccccc1-c1nc2ccccc2c2ccccc12.[c-]1ccccc1-c1nc2ccccc2o1.[c-]1ccsc1-c1ccc2ccccc2n1.[c-]1cnccc1-c1ccc2ccccc2n1. The summed E-state index contributed by atoms with van der Waals surface area (Å²) in [5.74, 6) is 0.358. The summed E-state index contributed by atoms with van der Waals surface area (Å²) in [4.78, 5) is 81.2. The molecule has 0 saturated carbocycles. The fourth-order valence-electron chi connectivity index (χ4n) is 14.8. The number of hydrogen-bond acceptors (Lipinski definition) is 19. The largest absolute Gasteiger partial charge is 0.512 e. The minimum absolute atomic E-state index is 0. The second-order valence-corrected chi connectivity index (χ2v) is 32.8. The van der Waals surface area contributed by atoms with Crippen molar-refractivity contribution in [3.05, 3.63) is 514 Å². The molecule has 3 N–H and O–H groups in total. The average molecular weight is 2850 g/mol. The molecule has 24 aromatic rings. The van der Waals surface area contributed by atoms with Crippen LogP contribution >= 0.6 is 11.3 Å². The zero-order valence-corrected chi connectivity index (χ0v) is 93.5. The third kappa shape index (κ3) is 33.6. The Balaban J connectivity index is 0.000000171. The monoisotopic (exact) mass is 2860 g/mol. The van der Waals surface area contributed by atoms with E-state index < -0.39 is 0 Å². The van der Waals surface area contributed by atoms with Crippen LogP contribution in [0.15, 0.2) is 471 Å². The van der Waals surface area contributed by atoms with Gasteiger partial charge in [-0.25, -0.2) is 11.3 Å². The van der Waals surface area contributed by atoms with Crippen molar-refractivity contribution >= 4 is 127 Å². The van der Waals surface area contributed by atoms with Crippen molar-refractivity contribution in [2.45, 2.75) is 34.6 Å². The van der Waals surface area contributed by atoms with Crippen molar-refractivity contribution in [2.75, 3.05) is 0 Å². The molecule has 0 aliphatic carbocycles. The molecule has 149 heavy (non-hydrogen) atoms. The molecule has 0 spiro atoms. The Labute approximate surface area is 935 Å². The summed E-state index contributed by atoms with van der Waals surface area (Å²) in [7, 11) is 0. The van der Waals surface area contributed by atoms with Gasteiger partial charge in [-0.05, 0) is 173 Å². The summed E-state index contributed by atoms with van der Waals surface area (Å²) < 4.78 is 5.61. The molecule has 5 radical (unpaired) electrons. The normalized spacial score (nSPS) is 10.5. The van der Waals surface area contributed by atoms with Crippen LogP contribution in [0.3, 0.4) is 0 Å². The molecule has 0 unspecified atom stereocenters. The van der Waals surface area contributed by atoms with Crippen molar-refractivity contribution < 1.29 is 135 Å². The van der Waals surface area contributed by atoms with E-state index in [4.69, 9.17) is 34.7 Å². The van der Waals surface area contributed by atoms with Crippen LogP contribution in [0, 0.1) is 42.5 Å². The predicted octanol–water partition coefficient (Wildman–Crippen LogP) is 29.8. The molecular weight excluding hydrogens is 2760 g/mol. The topological polar surface area (TPSA) is 267 Å². The van der Waals surface area contributed by atoms with E-state index in [0.29, 0.717) is 11.5 Å². The molecule has 0 amide bonds. The molecule has 0 fully saturated rings. The Morgan fingerprint density at radius 2 is 0.725 bits per heavy atom. The molecule has 11 aromatic heterocycles. The van der Waals surface area contributed by atoms with Gasteiger partial charge in [0.05, 0.1) is 50.4 Å². The molecule has 0 aliphatic heterocycles. The summed E-state index contributed by atoms with van der Waals surface area (Å²) in [5, 5.41) is 38.0. The standard InChI is InChI=1S/C19H12N.2C18H11N2.C14H9N2.C13H8NO.C13H8NS.C10H7N2.C10H10O2.2C5H8O2.5Ir/c1-2-8-14(9-3-1)19-17-12-5-4-10-15(17)16-11-6-7-13-18(16)20-19;2*1-2-9-16-13(5-1)10-11-17(20-16)15-8-3-6-14-7-4-12-19-18(14)15;1-2-4-13-11(3-1)5-6-14(16-13)12-7-9-15-10-8-12;1-2-6-10(7-3-1)13-14-11-8-4-5-9-12(11)15-13;1-2-5-11-10(4-1)7-8-12(14-11)13-6-3-9-15-13;1-2-4-9(5-3-1)10-8-11-6-7-12-10;1-8(11)7-10(12)9-5-3-2-4-6-9;2*1-4(6)3-5(2)7;;;;;/h1-8,10-13H;2*1-7,9-12H;1-7,9-10H;1-6,8-9H;1-5,7-9H;1-4,6-8H;2-7,11H,1H3;2*3,6H,1-2H3;;;;;/q7*-1;;;;;;;;. The van der Waals surface area contributed by atoms with Gasteiger partial charge in [0.1, 0.15) is 11.5 Å². The zero-order valence-electron chi connectivity index (χ0n) is 80.7. The third-order valence-corrected chi connectivity index (χ3v) is 22.0. The van der Waals surface area contributed by atoms with Crippen LogP contribution in [0.2, 0.25) is 0 Å². The fraction of sp³-hybridized carbons (Fsp3) is 0.0400. The number of hydrogen-bond donors (Lipinski definition) is 3. The van der Waals surface area contributed by atoms with Crippen molar-refractivity contribution in [2.24, 2.45) is 0 Å². The van der Waals surface area contributed by atoms with E-state index in [0.717, 1.165) is 149 Å². The Kier molecular flexibility index (Phi) is 46.2. The van der Waals surface area contributed by atoms with Crippen LogP contribution in [-0.4, -0.2) is 87.5 Å². The number of nitrogens with zero attached hydrogens (tertiary/aromatic N) is 11. The van der Waals surface area contributed by atoms with Crippen molar-refractivity contribution in [1.82, 2.24) is 54.8 Å². The van der Waals surface area contributed by atoms with Gasteiger partial charge in [0.15, 0.2) is 17.3 Å². The Bertz CT molecular complexity index is 8250. The van der Waals surface area contributed by atoms with Gasteiger partial charge in [0, 0.05) is 166 Å². The first-order valence-electron chi connectivity index (χ1n) is 45.7. The zero-order chi connectivity index (χ0) is 100.0. The molecule has 18 nitrogen and oxygen atoms in total. The third-order valence-electron chi connectivity index (χ3n) is 21.2. The summed E-state index contributed by atoms with van der Waals surface area (Å²) in [6.45, 7) is 7.17. The maximum atomic E-state index is 11.2. The Morgan fingerprint density at radius 1 is 0.295 bits per heavy atom. The first kappa shape index (κ1) is 115. The smallest absolute Gasteiger partial charge is 0.189 e. The van der Waals surface area contributed by atoms with Crippen LogP contribution in [0.4, 0.5) is 0 Å². The number of para-hydroxylation sites is 7. The van der Waals surface area contributed by atoms with Crippen LogP contribution in [0.1, 0.15) is 45.0 Å². The number of oxazole rings is 1. The van der Waals surface area contributed by atoms with Gasteiger partial charge < -0.3 is 44.7 Å². The number of carbonyl (C=O) groups excluding carboxylic acids is 3. The Morgan fingerprint density at radius 3 is 1.19 bits per heavy atom. The molecule has 0 bridgehead atoms. The van der Waals surface area contributed by atoms with Crippen LogP contribution < -0.4 is 0 Å². The molecule has 0 aliphatic rings. The number of aliphatic hydroxyl groups excluding tert-OH is 3. The fourth-order valence-corrected chi connectivity index (χ4v) is 15.4. The molecule has 747 valence electrons. The summed E-state index contributed by atoms with van der Waals surface area (Å²) in [5.41, 5.74) is 20.6. The van der Waals surface area contributed by atoms with Crippen LogP contribution in [0.5, 0.6) is 0 Å². The molecule has 11 heterocycles. The van der Waals surface area contributed by atoms with E-state index in [1.807, 2.05) is 254 Å². The Hall–Kier alpha value is -15.7. The molecule has 0 atom stereocenters. The van der Waals surface area contributed by atoms with Gasteiger partial charge >= 0.3 is 0 Å². The number of rotatable bonds is 11. The molecule has 13 aromatic carbocycles. The van der Waals surface area contributed by atoms with E-state index in [1.54, 1.807) is 79.0 Å². The summed E-state index contributed by atoms with van der Waals surface area (Å²) >= 11 is 1.67. The van der Waals surface area contributed by atoms with E-state index in [-0.39, 0.29) is 135 Å². The van der Waals surface area contributed by atoms with E-state index in [9.17, 15) is 14.4 Å². The number of carbonyl (C=O) groups is 3. The van der Waals surface area contributed by atoms with Gasteiger partial charge in [0.2, 0.25) is 0 Å². The van der Waals surface area contributed by atoms with Crippen LogP contribution in [0.25, 0.3) is 177 Å². The number of aromatic nitrogens is 11. The number of benzene rings is 13. The van der Waals surface area contributed by atoms with Gasteiger partial charge in [-0.3, -0.25) is 44.3 Å².